The summed E-state index contributed by atoms with van der Waals surface area (Å²) in [5.41, 5.74) is 2.05. The number of anilines is 2. The van der Waals surface area contributed by atoms with Crippen molar-refractivity contribution in [2.24, 2.45) is 0 Å². The van der Waals surface area contributed by atoms with E-state index < -0.39 is 0 Å². The molecule has 7 nitrogen and oxygen atoms in total. The van der Waals surface area contributed by atoms with Crippen molar-refractivity contribution < 1.29 is 19.1 Å². The highest BCUT2D eigenvalue weighted by Crippen LogP contribution is 2.22. The SMILES string of the molecule is O=C(CNc1ccc(Oc2ccccc2)cc1)Nc1ccc(C(=O)N2CCOCC2)cc1. The molecule has 2 amide bonds. The monoisotopic (exact) mass is 431 g/mol. The summed E-state index contributed by atoms with van der Waals surface area (Å²) in [6.07, 6.45) is 0. The molecule has 0 radical (unpaired) electrons. The smallest absolute Gasteiger partial charge is 0.254 e. The third kappa shape index (κ3) is 5.86. The molecule has 0 aromatic heterocycles. The molecule has 0 bridgehead atoms. The van der Waals surface area contributed by atoms with Gasteiger partial charge in [0.2, 0.25) is 5.91 Å². The lowest BCUT2D eigenvalue weighted by molar-refractivity contribution is -0.114. The fraction of sp³-hybridized carbons (Fsp3) is 0.200. The van der Waals surface area contributed by atoms with Crippen LogP contribution >= 0.6 is 0 Å². The molecule has 0 saturated carbocycles. The number of carbonyl (C=O) groups excluding carboxylic acids is 2. The van der Waals surface area contributed by atoms with Gasteiger partial charge in [-0.05, 0) is 60.7 Å². The van der Waals surface area contributed by atoms with Crippen LogP contribution in [0.2, 0.25) is 0 Å². The molecule has 0 atom stereocenters. The number of carbonyl (C=O) groups is 2. The van der Waals surface area contributed by atoms with Gasteiger partial charge in [-0.3, -0.25) is 9.59 Å². The largest absolute Gasteiger partial charge is 0.457 e. The molecule has 7 heteroatoms. The third-order valence-corrected chi connectivity index (χ3v) is 5.00. The minimum absolute atomic E-state index is 0.0208. The molecule has 0 unspecified atom stereocenters. The van der Waals surface area contributed by atoms with Crippen molar-refractivity contribution in [3.63, 3.8) is 0 Å². The van der Waals surface area contributed by atoms with E-state index in [1.807, 2.05) is 54.6 Å². The average Bonchev–Trinajstić information content (AvgIpc) is 2.85. The van der Waals surface area contributed by atoms with Crippen LogP contribution < -0.4 is 15.4 Å². The van der Waals surface area contributed by atoms with Crippen LogP contribution in [0.3, 0.4) is 0 Å². The molecular formula is C25H25N3O4. The van der Waals surface area contributed by atoms with E-state index >= 15 is 0 Å². The highest BCUT2D eigenvalue weighted by molar-refractivity contribution is 5.96. The molecule has 1 fully saturated rings. The number of morpholine rings is 1. The van der Waals surface area contributed by atoms with Crippen LogP contribution in [0.25, 0.3) is 0 Å². The molecule has 1 aliphatic heterocycles. The molecule has 2 N–H and O–H groups in total. The minimum atomic E-state index is -0.179. The molecule has 0 spiro atoms. The number of rotatable bonds is 7. The fourth-order valence-electron chi connectivity index (χ4n) is 3.30. The number of ether oxygens (including phenoxy) is 2. The Morgan fingerprint density at radius 2 is 1.44 bits per heavy atom. The lowest BCUT2D eigenvalue weighted by Crippen LogP contribution is -2.40. The Morgan fingerprint density at radius 1 is 0.812 bits per heavy atom. The predicted molar refractivity (Wildman–Crippen MR) is 123 cm³/mol. The minimum Gasteiger partial charge on any atom is -0.457 e. The molecule has 1 heterocycles. The summed E-state index contributed by atoms with van der Waals surface area (Å²) < 4.78 is 11.0. The Morgan fingerprint density at radius 3 is 2.12 bits per heavy atom. The Bertz CT molecular complexity index is 1030. The van der Waals surface area contributed by atoms with Gasteiger partial charge in [0, 0.05) is 30.0 Å². The highest BCUT2D eigenvalue weighted by atomic mass is 16.5. The van der Waals surface area contributed by atoms with Crippen LogP contribution in [0.4, 0.5) is 11.4 Å². The van der Waals surface area contributed by atoms with E-state index in [4.69, 9.17) is 9.47 Å². The van der Waals surface area contributed by atoms with E-state index in [-0.39, 0.29) is 18.4 Å². The molecule has 3 aromatic carbocycles. The zero-order chi connectivity index (χ0) is 22.2. The first kappa shape index (κ1) is 21.4. The van der Waals surface area contributed by atoms with Crippen LogP contribution in [0.1, 0.15) is 10.4 Å². The van der Waals surface area contributed by atoms with Gasteiger partial charge in [0.1, 0.15) is 11.5 Å². The van der Waals surface area contributed by atoms with Crippen LogP contribution in [-0.4, -0.2) is 49.6 Å². The summed E-state index contributed by atoms with van der Waals surface area (Å²) in [5.74, 6) is 1.29. The second kappa shape index (κ2) is 10.5. The Kier molecular flexibility index (Phi) is 6.99. The van der Waals surface area contributed by atoms with Gasteiger partial charge >= 0.3 is 0 Å². The number of para-hydroxylation sites is 1. The number of nitrogens with one attached hydrogen (secondary N) is 2. The van der Waals surface area contributed by atoms with Gasteiger partial charge in [0.25, 0.3) is 5.91 Å². The van der Waals surface area contributed by atoms with E-state index in [2.05, 4.69) is 10.6 Å². The summed E-state index contributed by atoms with van der Waals surface area (Å²) >= 11 is 0. The van der Waals surface area contributed by atoms with E-state index in [0.717, 1.165) is 17.2 Å². The molecule has 1 saturated heterocycles. The van der Waals surface area contributed by atoms with Crippen molar-refractivity contribution in [3.8, 4) is 11.5 Å². The highest BCUT2D eigenvalue weighted by Gasteiger charge is 2.18. The average molecular weight is 431 g/mol. The summed E-state index contributed by atoms with van der Waals surface area (Å²) in [6, 6.07) is 23.9. The van der Waals surface area contributed by atoms with Crippen molar-refractivity contribution in [2.75, 3.05) is 43.5 Å². The topological polar surface area (TPSA) is 79.9 Å². The van der Waals surface area contributed by atoms with Gasteiger partial charge in [0.05, 0.1) is 19.8 Å². The van der Waals surface area contributed by atoms with E-state index in [1.165, 1.54) is 0 Å². The molecule has 32 heavy (non-hydrogen) atoms. The maximum Gasteiger partial charge on any atom is 0.254 e. The lowest BCUT2D eigenvalue weighted by Gasteiger charge is -2.26. The first-order valence-electron chi connectivity index (χ1n) is 10.5. The van der Waals surface area contributed by atoms with Crippen molar-refractivity contribution >= 4 is 23.2 Å². The van der Waals surface area contributed by atoms with E-state index in [0.29, 0.717) is 37.6 Å². The van der Waals surface area contributed by atoms with Crippen LogP contribution in [0.5, 0.6) is 11.5 Å². The van der Waals surface area contributed by atoms with Gasteiger partial charge < -0.3 is 25.0 Å². The van der Waals surface area contributed by atoms with Gasteiger partial charge in [0.15, 0.2) is 0 Å². The molecule has 3 aromatic rings. The summed E-state index contributed by atoms with van der Waals surface area (Å²) in [6.45, 7) is 2.45. The van der Waals surface area contributed by atoms with Gasteiger partial charge in [-0.15, -0.1) is 0 Å². The van der Waals surface area contributed by atoms with Crippen LogP contribution in [-0.2, 0) is 9.53 Å². The standard InChI is InChI=1S/C25H25N3O4/c29-24(18-26-20-10-12-23(13-11-20)32-22-4-2-1-3-5-22)27-21-8-6-19(7-9-21)25(30)28-14-16-31-17-15-28/h1-13,26H,14-18H2,(H,27,29). The zero-order valence-corrected chi connectivity index (χ0v) is 17.6. The zero-order valence-electron chi connectivity index (χ0n) is 17.6. The number of hydrogen-bond donors (Lipinski definition) is 2. The summed E-state index contributed by atoms with van der Waals surface area (Å²) in [7, 11) is 0. The second-order valence-corrected chi connectivity index (χ2v) is 7.32. The number of amides is 2. The molecule has 4 rings (SSSR count). The van der Waals surface area contributed by atoms with E-state index in [9.17, 15) is 9.59 Å². The van der Waals surface area contributed by atoms with Crippen LogP contribution in [0.15, 0.2) is 78.9 Å². The summed E-state index contributed by atoms with van der Waals surface area (Å²) in [5, 5.41) is 5.92. The van der Waals surface area contributed by atoms with Crippen molar-refractivity contribution in [1.29, 1.82) is 0 Å². The van der Waals surface area contributed by atoms with Gasteiger partial charge in [-0.1, -0.05) is 18.2 Å². The molecular weight excluding hydrogens is 406 g/mol. The number of hydrogen-bond acceptors (Lipinski definition) is 5. The van der Waals surface area contributed by atoms with E-state index in [1.54, 1.807) is 29.2 Å². The second-order valence-electron chi connectivity index (χ2n) is 7.32. The maximum absolute atomic E-state index is 12.5. The fourth-order valence-corrected chi connectivity index (χ4v) is 3.30. The first-order chi connectivity index (χ1) is 15.7. The molecule has 0 aliphatic carbocycles. The van der Waals surface area contributed by atoms with Crippen molar-refractivity contribution in [2.45, 2.75) is 0 Å². The maximum atomic E-state index is 12.5. The quantitative estimate of drug-likeness (QED) is 0.591. The van der Waals surface area contributed by atoms with Gasteiger partial charge in [-0.2, -0.15) is 0 Å². The Labute approximate surface area is 187 Å². The normalized spacial score (nSPS) is 13.3. The lowest BCUT2D eigenvalue weighted by atomic mass is 10.1. The predicted octanol–water partition coefficient (Wildman–Crippen LogP) is 4.00. The Hall–Kier alpha value is -3.84. The molecule has 1 aliphatic rings. The third-order valence-electron chi connectivity index (χ3n) is 5.00. The van der Waals surface area contributed by atoms with Crippen molar-refractivity contribution in [3.05, 3.63) is 84.4 Å². The molecule has 164 valence electrons. The number of benzene rings is 3. The Balaban J connectivity index is 1.24. The summed E-state index contributed by atoms with van der Waals surface area (Å²) in [4.78, 5) is 26.5. The first-order valence-corrected chi connectivity index (χ1v) is 10.5. The van der Waals surface area contributed by atoms with Gasteiger partial charge in [-0.25, -0.2) is 0 Å². The number of nitrogens with zero attached hydrogens (tertiary/aromatic N) is 1. The van der Waals surface area contributed by atoms with Crippen LogP contribution in [0, 0.1) is 0 Å². The van der Waals surface area contributed by atoms with Crippen molar-refractivity contribution in [1.82, 2.24) is 4.90 Å².